The molecule has 1 saturated heterocycles. The van der Waals surface area contributed by atoms with E-state index < -0.39 is 9.84 Å². The van der Waals surface area contributed by atoms with Gasteiger partial charge in [0.1, 0.15) is 0 Å². The molecule has 1 N–H and O–H groups in total. The highest BCUT2D eigenvalue weighted by Gasteiger charge is 2.28. The molecule has 134 valence electrons. The van der Waals surface area contributed by atoms with Crippen LogP contribution in [0.3, 0.4) is 0 Å². The minimum Gasteiger partial charge on any atom is -0.352 e. The summed E-state index contributed by atoms with van der Waals surface area (Å²) in [6.45, 7) is 2.70. The zero-order chi connectivity index (χ0) is 17.9. The van der Waals surface area contributed by atoms with Gasteiger partial charge in [-0.05, 0) is 13.3 Å². The van der Waals surface area contributed by atoms with Crippen LogP contribution in [-0.4, -0.2) is 52.4 Å². The number of nitrogens with zero attached hydrogens (tertiary/aromatic N) is 3. The normalized spacial score (nSPS) is 19.0. The van der Waals surface area contributed by atoms with Gasteiger partial charge in [-0.15, -0.1) is 10.2 Å². The van der Waals surface area contributed by atoms with E-state index in [4.69, 9.17) is 0 Å². The number of amides is 1. The monoisotopic (exact) mass is 380 g/mol. The average Bonchev–Trinajstić information content (AvgIpc) is 3.16. The molecule has 1 aliphatic rings. The van der Waals surface area contributed by atoms with Gasteiger partial charge in [0.05, 0.1) is 17.3 Å². The maximum atomic E-state index is 12.1. The predicted octanol–water partition coefficient (Wildman–Crippen LogP) is 1.36. The standard InChI is InChI=1S/C16H20N4O3S2/c1-2-20-15(12-6-4-3-5-7-12)18-19-16(20)24-10-14(21)17-13-8-9-25(22,23)11-13/h3-7,13H,2,8-11H2,1H3,(H,17,21)/t13-/m1/s1. The summed E-state index contributed by atoms with van der Waals surface area (Å²) < 4.78 is 24.9. The molecule has 0 spiro atoms. The Labute approximate surface area is 151 Å². The van der Waals surface area contributed by atoms with E-state index in [-0.39, 0.29) is 29.2 Å². The van der Waals surface area contributed by atoms with Crippen molar-refractivity contribution in [1.82, 2.24) is 20.1 Å². The molecular formula is C16H20N4O3S2. The fourth-order valence-electron chi connectivity index (χ4n) is 2.79. The van der Waals surface area contributed by atoms with Crippen molar-refractivity contribution in [3.05, 3.63) is 30.3 Å². The zero-order valence-corrected chi connectivity index (χ0v) is 15.5. The maximum Gasteiger partial charge on any atom is 0.230 e. The van der Waals surface area contributed by atoms with Gasteiger partial charge in [0.25, 0.3) is 0 Å². The molecular weight excluding hydrogens is 360 g/mol. The molecule has 1 aromatic carbocycles. The zero-order valence-electron chi connectivity index (χ0n) is 13.9. The van der Waals surface area contributed by atoms with E-state index in [9.17, 15) is 13.2 Å². The third-order valence-corrected chi connectivity index (χ3v) is 6.73. The van der Waals surface area contributed by atoms with Gasteiger partial charge in [0.2, 0.25) is 5.91 Å². The van der Waals surface area contributed by atoms with Crippen LogP contribution in [0.15, 0.2) is 35.5 Å². The van der Waals surface area contributed by atoms with Crippen LogP contribution in [0.1, 0.15) is 13.3 Å². The van der Waals surface area contributed by atoms with Crippen molar-refractivity contribution in [3.63, 3.8) is 0 Å². The van der Waals surface area contributed by atoms with Crippen molar-refractivity contribution in [2.45, 2.75) is 31.1 Å². The maximum absolute atomic E-state index is 12.1. The largest absolute Gasteiger partial charge is 0.352 e. The van der Waals surface area contributed by atoms with Crippen LogP contribution >= 0.6 is 11.8 Å². The van der Waals surface area contributed by atoms with E-state index >= 15 is 0 Å². The van der Waals surface area contributed by atoms with Crippen LogP contribution < -0.4 is 5.32 Å². The third-order valence-electron chi connectivity index (χ3n) is 3.99. The summed E-state index contributed by atoms with van der Waals surface area (Å²) in [5, 5.41) is 11.9. The lowest BCUT2D eigenvalue weighted by atomic mass is 10.2. The molecule has 2 aromatic rings. The lowest BCUT2D eigenvalue weighted by molar-refractivity contribution is -0.119. The van der Waals surface area contributed by atoms with E-state index in [1.807, 2.05) is 41.8 Å². The Bertz CT molecular complexity index is 850. The number of aromatic nitrogens is 3. The van der Waals surface area contributed by atoms with E-state index in [1.54, 1.807) is 0 Å². The van der Waals surface area contributed by atoms with Gasteiger partial charge in [0.15, 0.2) is 20.8 Å². The molecule has 1 aromatic heterocycles. The number of carbonyl (C=O) groups is 1. The van der Waals surface area contributed by atoms with Crippen molar-refractivity contribution < 1.29 is 13.2 Å². The van der Waals surface area contributed by atoms with E-state index in [1.165, 1.54) is 11.8 Å². The molecule has 7 nitrogen and oxygen atoms in total. The lowest BCUT2D eigenvalue weighted by Gasteiger charge is -2.11. The van der Waals surface area contributed by atoms with Crippen LogP contribution in [0.4, 0.5) is 0 Å². The van der Waals surface area contributed by atoms with Gasteiger partial charge in [-0.25, -0.2) is 8.42 Å². The Hall–Kier alpha value is -1.87. The van der Waals surface area contributed by atoms with Gasteiger partial charge in [-0.1, -0.05) is 42.1 Å². The molecule has 1 atom stereocenters. The van der Waals surface area contributed by atoms with Gasteiger partial charge in [0, 0.05) is 18.2 Å². The molecule has 0 radical (unpaired) electrons. The van der Waals surface area contributed by atoms with E-state index in [0.29, 0.717) is 18.1 Å². The highest BCUT2D eigenvalue weighted by molar-refractivity contribution is 7.99. The summed E-state index contributed by atoms with van der Waals surface area (Å²) in [6.07, 6.45) is 0.488. The van der Waals surface area contributed by atoms with Gasteiger partial charge in [-0.2, -0.15) is 0 Å². The molecule has 9 heteroatoms. The van der Waals surface area contributed by atoms with Crippen LogP contribution in [0.2, 0.25) is 0 Å². The first kappa shape index (κ1) is 17.9. The highest BCUT2D eigenvalue weighted by atomic mass is 32.2. The van der Waals surface area contributed by atoms with E-state index in [0.717, 1.165) is 11.4 Å². The van der Waals surface area contributed by atoms with Crippen molar-refractivity contribution in [3.8, 4) is 11.4 Å². The smallest absolute Gasteiger partial charge is 0.230 e. The van der Waals surface area contributed by atoms with E-state index in [2.05, 4.69) is 15.5 Å². The summed E-state index contributed by atoms with van der Waals surface area (Å²) in [5.41, 5.74) is 0.976. The van der Waals surface area contributed by atoms with Crippen molar-refractivity contribution >= 4 is 27.5 Å². The SMILES string of the molecule is CCn1c(SCC(=O)N[C@@H]2CCS(=O)(=O)C2)nnc1-c1ccccc1. The van der Waals surface area contributed by atoms with Crippen LogP contribution in [0.5, 0.6) is 0 Å². The predicted molar refractivity (Wildman–Crippen MR) is 97.1 cm³/mol. The number of hydrogen-bond acceptors (Lipinski definition) is 6. The Morgan fingerprint density at radius 1 is 1.32 bits per heavy atom. The highest BCUT2D eigenvalue weighted by Crippen LogP contribution is 2.23. The molecule has 25 heavy (non-hydrogen) atoms. The van der Waals surface area contributed by atoms with Crippen LogP contribution in [-0.2, 0) is 21.2 Å². The first-order valence-electron chi connectivity index (χ1n) is 8.09. The topological polar surface area (TPSA) is 94.0 Å². The average molecular weight is 380 g/mol. The number of rotatable bonds is 6. The number of nitrogens with one attached hydrogen (secondary N) is 1. The Morgan fingerprint density at radius 3 is 2.72 bits per heavy atom. The fourth-order valence-corrected chi connectivity index (χ4v) is 5.28. The summed E-state index contributed by atoms with van der Waals surface area (Å²) in [5.74, 6) is 0.957. The van der Waals surface area contributed by atoms with Crippen LogP contribution in [0.25, 0.3) is 11.4 Å². The lowest BCUT2D eigenvalue weighted by Crippen LogP contribution is -2.36. The second-order valence-corrected chi connectivity index (χ2v) is 9.04. The van der Waals surface area contributed by atoms with Crippen LogP contribution in [0, 0.1) is 0 Å². The summed E-state index contributed by atoms with van der Waals surface area (Å²) in [4.78, 5) is 12.1. The number of thioether (sulfide) groups is 1. The van der Waals surface area contributed by atoms with Crippen molar-refractivity contribution in [2.24, 2.45) is 0 Å². The number of carbonyl (C=O) groups excluding carboxylic acids is 1. The summed E-state index contributed by atoms with van der Waals surface area (Å²) in [7, 11) is -2.99. The number of hydrogen-bond donors (Lipinski definition) is 1. The fraction of sp³-hybridized carbons (Fsp3) is 0.438. The molecule has 3 rings (SSSR count). The Morgan fingerprint density at radius 2 is 2.08 bits per heavy atom. The van der Waals surface area contributed by atoms with Crippen molar-refractivity contribution in [1.29, 1.82) is 0 Å². The second-order valence-electron chi connectivity index (χ2n) is 5.87. The minimum atomic E-state index is -2.99. The summed E-state index contributed by atoms with van der Waals surface area (Å²) in [6, 6.07) is 9.50. The molecule has 1 fully saturated rings. The molecule has 1 amide bonds. The Balaban J connectivity index is 1.62. The molecule has 1 aliphatic heterocycles. The molecule has 0 bridgehead atoms. The van der Waals surface area contributed by atoms with Gasteiger partial charge in [-0.3, -0.25) is 4.79 Å². The molecule has 0 saturated carbocycles. The van der Waals surface area contributed by atoms with Gasteiger partial charge >= 0.3 is 0 Å². The number of benzene rings is 1. The van der Waals surface area contributed by atoms with Crippen molar-refractivity contribution in [2.75, 3.05) is 17.3 Å². The number of sulfone groups is 1. The molecule has 2 heterocycles. The minimum absolute atomic E-state index is 0.0344. The summed E-state index contributed by atoms with van der Waals surface area (Å²) >= 11 is 1.31. The van der Waals surface area contributed by atoms with Gasteiger partial charge < -0.3 is 9.88 Å². The first-order chi connectivity index (χ1) is 12.0. The quantitative estimate of drug-likeness (QED) is 0.761. The third kappa shape index (κ3) is 4.40. The molecule has 0 aliphatic carbocycles. The Kier molecular flexibility index (Phi) is 5.43. The second kappa shape index (κ2) is 7.57. The molecule has 0 unspecified atom stereocenters. The first-order valence-corrected chi connectivity index (χ1v) is 10.9.